The van der Waals surface area contributed by atoms with Crippen LogP contribution in [-0.4, -0.2) is 54.6 Å². The SMILES string of the molecule is COc1ccc(N2CC(C(=O)NCCN3C(=O)S/C(=C\c4ccc(C)cc4)C3=O)CC2=O)cc1. The lowest BCUT2D eigenvalue weighted by molar-refractivity contribution is -0.127. The maximum Gasteiger partial charge on any atom is 0.293 e. The van der Waals surface area contributed by atoms with Crippen molar-refractivity contribution in [3.05, 3.63) is 64.6 Å². The Morgan fingerprint density at radius 1 is 1.12 bits per heavy atom. The van der Waals surface area contributed by atoms with Crippen LogP contribution in [0.15, 0.2) is 53.4 Å². The van der Waals surface area contributed by atoms with Crippen LogP contribution in [0.4, 0.5) is 10.5 Å². The van der Waals surface area contributed by atoms with Crippen LogP contribution in [0.2, 0.25) is 0 Å². The minimum Gasteiger partial charge on any atom is -0.497 e. The minimum absolute atomic E-state index is 0.0739. The average Bonchev–Trinajstić information content (AvgIpc) is 3.35. The highest BCUT2D eigenvalue weighted by Gasteiger charge is 2.37. The highest BCUT2D eigenvalue weighted by molar-refractivity contribution is 8.18. The fraction of sp³-hybridized carbons (Fsp3) is 0.280. The van der Waals surface area contributed by atoms with Gasteiger partial charge in [0, 0.05) is 31.7 Å². The number of anilines is 1. The Morgan fingerprint density at radius 2 is 1.82 bits per heavy atom. The molecule has 9 heteroatoms. The van der Waals surface area contributed by atoms with Gasteiger partial charge in [0.2, 0.25) is 11.8 Å². The molecule has 0 aliphatic carbocycles. The van der Waals surface area contributed by atoms with Gasteiger partial charge in [-0.1, -0.05) is 29.8 Å². The van der Waals surface area contributed by atoms with Gasteiger partial charge in [-0.2, -0.15) is 0 Å². The number of carbonyl (C=O) groups is 4. The van der Waals surface area contributed by atoms with Crippen molar-refractivity contribution in [3.8, 4) is 5.75 Å². The third kappa shape index (κ3) is 5.14. The monoisotopic (exact) mass is 479 g/mol. The summed E-state index contributed by atoms with van der Waals surface area (Å²) in [6.45, 7) is 2.45. The lowest BCUT2D eigenvalue weighted by Crippen LogP contribution is -2.40. The molecule has 34 heavy (non-hydrogen) atoms. The molecule has 2 aliphatic rings. The lowest BCUT2D eigenvalue weighted by Gasteiger charge is -2.17. The molecule has 2 aromatic rings. The molecular formula is C25H25N3O5S. The molecule has 2 heterocycles. The van der Waals surface area contributed by atoms with Gasteiger partial charge in [0.15, 0.2) is 0 Å². The molecule has 2 saturated heterocycles. The first-order valence-electron chi connectivity index (χ1n) is 10.9. The van der Waals surface area contributed by atoms with Crippen molar-refractivity contribution in [2.75, 3.05) is 31.6 Å². The van der Waals surface area contributed by atoms with E-state index in [4.69, 9.17) is 4.74 Å². The molecule has 1 unspecified atom stereocenters. The van der Waals surface area contributed by atoms with Crippen LogP contribution in [0.5, 0.6) is 5.75 Å². The molecule has 0 spiro atoms. The van der Waals surface area contributed by atoms with Gasteiger partial charge in [-0.3, -0.25) is 24.1 Å². The molecule has 1 N–H and O–H groups in total. The Hall–Kier alpha value is -3.59. The van der Waals surface area contributed by atoms with E-state index in [1.165, 1.54) is 0 Å². The van der Waals surface area contributed by atoms with E-state index < -0.39 is 5.92 Å². The second kappa shape index (κ2) is 10.1. The summed E-state index contributed by atoms with van der Waals surface area (Å²) in [6, 6.07) is 14.7. The molecule has 2 fully saturated rings. The van der Waals surface area contributed by atoms with Crippen LogP contribution in [0.1, 0.15) is 17.5 Å². The third-order valence-electron chi connectivity index (χ3n) is 5.76. The second-order valence-corrected chi connectivity index (χ2v) is 9.13. The Kier molecular flexibility index (Phi) is 7.02. The number of amides is 4. The quantitative estimate of drug-likeness (QED) is 0.613. The van der Waals surface area contributed by atoms with E-state index in [0.717, 1.165) is 27.8 Å². The summed E-state index contributed by atoms with van der Waals surface area (Å²) in [5.74, 6) is -0.577. The summed E-state index contributed by atoms with van der Waals surface area (Å²) in [5.41, 5.74) is 2.66. The molecule has 0 saturated carbocycles. The third-order valence-corrected chi connectivity index (χ3v) is 6.67. The van der Waals surface area contributed by atoms with Crippen LogP contribution in [0, 0.1) is 12.8 Å². The molecule has 4 rings (SSSR count). The Bertz CT molecular complexity index is 1140. The van der Waals surface area contributed by atoms with E-state index in [2.05, 4.69) is 5.32 Å². The molecule has 2 aromatic carbocycles. The maximum atomic E-state index is 12.7. The van der Waals surface area contributed by atoms with E-state index >= 15 is 0 Å². The summed E-state index contributed by atoms with van der Waals surface area (Å²) < 4.78 is 5.14. The molecule has 1 atom stereocenters. The number of ether oxygens (including phenoxy) is 1. The van der Waals surface area contributed by atoms with Crippen molar-refractivity contribution in [1.82, 2.24) is 10.2 Å². The number of aryl methyl sites for hydroxylation is 1. The summed E-state index contributed by atoms with van der Waals surface area (Å²) in [4.78, 5) is 53.1. The Balaban J connectivity index is 1.29. The largest absolute Gasteiger partial charge is 0.497 e. The summed E-state index contributed by atoms with van der Waals surface area (Å²) in [7, 11) is 1.57. The number of methoxy groups -OCH3 is 1. The van der Waals surface area contributed by atoms with Crippen molar-refractivity contribution in [2.24, 2.45) is 5.92 Å². The lowest BCUT2D eigenvalue weighted by atomic mass is 10.1. The summed E-state index contributed by atoms with van der Waals surface area (Å²) >= 11 is 0.891. The fourth-order valence-electron chi connectivity index (χ4n) is 3.84. The van der Waals surface area contributed by atoms with Crippen LogP contribution in [0.3, 0.4) is 0 Å². The predicted octanol–water partition coefficient (Wildman–Crippen LogP) is 3.21. The van der Waals surface area contributed by atoms with Crippen LogP contribution in [0.25, 0.3) is 6.08 Å². The number of thioether (sulfide) groups is 1. The standard InChI is InChI=1S/C25H25N3O5S/c1-16-3-5-17(6-4-16)13-21-24(31)27(25(32)34-21)12-11-26-23(30)18-14-22(29)28(15-18)19-7-9-20(33-2)10-8-19/h3-10,13,18H,11-12,14-15H2,1-2H3,(H,26,30)/b21-13-. The van der Waals surface area contributed by atoms with Crippen LogP contribution in [-0.2, 0) is 14.4 Å². The molecule has 176 valence electrons. The van der Waals surface area contributed by atoms with E-state index in [1.807, 2.05) is 31.2 Å². The summed E-state index contributed by atoms with van der Waals surface area (Å²) in [5, 5.41) is 2.40. The number of rotatable bonds is 7. The highest BCUT2D eigenvalue weighted by atomic mass is 32.2. The number of benzene rings is 2. The van der Waals surface area contributed by atoms with E-state index in [1.54, 1.807) is 42.4 Å². The Labute approximate surface area is 201 Å². The second-order valence-electron chi connectivity index (χ2n) is 8.14. The predicted molar refractivity (Wildman–Crippen MR) is 130 cm³/mol. The van der Waals surface area contributed by atoms with Crippen molar-refractivity contribution < 1.29 is 23.9 Å². The number of nitrogens with zero attached hydrogens (tertiary/aromatic N) is 2. The first-order chi connectivity index (χ1) is 16.4. The fourth-order valence-corrected chi connectivity index (χ4v) is 4.70. The topological polar surface area (TPSA) is 96.0 Å². The van der Waals surface area contributed by atoms with Gasteiger partial charge in [-0.15, -0.1) is 0 Å². The molecule has 0 bridgehead atoms. The molecule has 0 aromatic heterocycles. The zero-order valence-corrected chi connectivity index (χ0v) is 19.8. The van der Waals surface area contributed by atoms with E-state index in [9.17, 15) is 19.2 Å². The van der Waals surface area contributed by atoms with Gasteiger partial charge in [-0.25, -0.2) is 0 Å². The molecule has 0 radical (unpaired) electrons. The zero-order chi connectivity index (χ0) is 24.2. The maximum absolute atomic E-state index is 12.7. The molecule has 2 aliphatic heterocycles. The van der Waals surface area contributed by atoms with Crippen LogP contribution >= 0.6 is 11.8 Å². The number of hydrogen-bond donors (Lipinski definition) is 1. The van der Waals surface area contributed by atoms with E-state index in [0.29, 0.717) is 16.3 Å². The van der Waals surface area contributed by atoms with Crippen molar-refractivity contribution >= 4 is 46.5 Å². The van der Waals surface area contributed by atoms with Gasteiger partial charge in [0.05, 0.1) is 17.9 Å². The van der Waals surface area contributed by atoms with E-state index in [-0.39, 0.29) is 49.0 Å². The van der Waals surface area contributed by atoms with Gasteiger partial charge in [-0.05, 0) is 54.6 Å². The van der Waals surface area contributed by atoms with Crippen molar-refractivity contribution in [3.63, 3.8) is 0 Å². The highest BCUT2D eigenvalue weighted by Crippen LogP contribution is 2.32. The number of hydrogen-bond acceptors (Lipinski definition) is 6. The minimum atomic E-state index is -0.494. The van der Waals surface area contributed by atoms with Crippen molar-refractivity contribution in [1.29, 1.82) is 0 Å². The average molecular weight is 480 g/mol. The van der Waals surface area contributed by atoms with Gasteiger partial charge < -0.3 is 15.0 Å². The zero-order valence-electron chi connectivity index (χ0n) is 18.9. The molecule has 4 amide bonds. The van der Waals surface area contributed by atoms with Crippen molar-refractivity contribution in [2.45, 2.75) is 13.3 Å². The molecular weight excluding hydrogens is 454 g/mol. The summed E-state index contributed by atoms with van der Waals surface area (Å²) in [6.07, 6.45) is 1.81. The number of imide groups is 1. The first-order valence-corrected chi connectivity index (χ1v) is 11.7. The number of carbonyl (C=O) groups excluding carboxylic acids is 4. The Morgan fingerprint density at radius 3 is 2.50 bits per heavy atom. The number of nitrogens with one attached hydrogen (secondary N) is 1. The smallest absolute Gasteiger partial charge is 0.293 e. The van der Waals surface area contributed by atoms with Crippen LogP contribution < -0.4 is 15.0 Å². The normalized spacial score (nSPS) is 19.3. The van der Waals surface area contributed by atoms with Gasteiger partial charge >= 0.3 is 0 Å². The van der Waals surface area contributed by atoms with Gasteiger partial charge in [0.25, 0.3) is 11.1 Å². The first kappa shape index (κ1) is 23.6. The van der Waals surface area contributed by atoms with Gasteiger partial charge in [0.1, 0.15) is 5.75 Å². The molecule has 8 nitrogen and oxygen atoms in total.